The summed E-state index contributed by atoms with van der Waals surface area (Å²) in [6.07, 6.45) is 2.93. The Morgan fingerprint density at radius 1 is 0.917 bits per heavy atom. The third-order valence-electron chi connectivity index (χ3n) is 3.49. The molecule has 0 nitrogen and oxygen atoms in total. The van der Waals surface area contributed by atoms with Crippen molar-refractivity contribution in [2.75, 3.05) is 0 Å². The number of rotatable bonds is 0. The minimum Gasteiger partial charge on any atom is -0.108 e. The maximum Gasteiger partial charge on any atom is 0.0705 e. The highest BCUT2D eigenvalue weighted by molar-refractivity contribution is 7.05. The van der Waals surface area contributed by atoms with Gasteiger partial charge in [-0.25, -0.2) is 0 Å². The molecular formula is C10H22Si2. The molecule has 0 atom stereocenters. The normalized spacial score (nSPS) is 28.2. The van der Waals surface area contributed by atoms with E-state index in [-0.39, 0.29) is 0 Å². The Morgan fingerprint density at radius 2 is 1.25 bits per heavy atom. The van der Waals surface area contributed by atoms with Crippen LogP contribution in [0, 0.1) is 0 Å². The molecule has 0 amide bonds. The zero-order valence-corrected chi connectivity index (χ0v) is 11.0. The molecule has 2 heteroatoms. The molecule has 0 radical (unpaired) electrons. The van der Waals surface area contributed by atoms with Gasteiger partial charge in [0.25, 0.3) is 0 Å². The molecule has 12 heavy (non-hydrogen) atoms. The van der Waals surface area contributed by atoms with E-state index in [0.717, 1.165) is 0 Å². The van der Waals surface area contributed by atoms with Crippen molar-refractivity contribution in [2.24, 2.45) is 0 Å². The first-order valence-corrected chi connectivity index (χ1v) is 11.5. The summed E-state index contributed by atoms with van der Waals surface area (Å²) < 4.78 is 0. The predicted octanol–water partition coefficient (Wildman–Crippen LogP) is 3.83. The van der Waals surface area contributed by atoms with Crippen LogP contribution in [-0.2, 0) is 0 Å². The molecular weight excluding hydrogens is 176 g/mol. The molecule has 0 aromatic heterocycles. The van der Waals surface area contributed by atoms with Gasteiger partial charge in [-0.15, -0.1) is 6.58 Å². The average molecular weight is 198 g/mol. The van der Waals surface area contributed by atoms with E-state index in [2.05, 4.69) is 32.8 Å². The Morgan fingerprint density at radius 3 is 1.58 bits per heavy atom. The largest absolute Gasteiger partial charge is 0.108 e. The van der Waals surface area contributed by atoms with Gasteiger partial charge in [-0.05, 0) is 0 Å². The monoisotopic (exact) mass is 198 g/mol. The standard InChI is InChI=1S/C10H22Si2/c1-10-11(2,3)8-6-7-9-12(10,4)5/h1,6-9H2,2-5H3. The lowest BCUT2D eigenvalue weighted by molar-refractivity contribution is 0.865. The van der Waals surface area contributed by atoms with Gasteiger partial charge in [0.15, 0.2) is 0 Å². The summed E-state index contributed by atoms with van der Waals surface area (Å²) in [6, 6.07) is 2.98. The van der Waals surface area contributed by atoms with E-state index >= 15 is 0 Å². The highest BCUT2D eigenvalue weighted by atomic mass is 28.4. The molecule has 0 aromatic carbocycles. The fourth-order valence-corrected chi connectivity index (χ4v) is 13.3. The van der Waals surface area contributed by atoms with Crippen molar-refractivity contribution >= 4 is 16.1 Å². The van der Waals surface area contributed by atoms with Crippen LogP contribution in [0.5, 0.6) is 0 Å². The summed E-state index contributed by atoms with van der Waals surface area (Å²) in [5.74, 6) is 0. The second kappa shape index (κ2) is 3.15. The van der Waals surface area contributed by atoms with Gasteiger partial charge in [-0.1, -0.05) is 55.9 Å². The average Bonchev–Trinajstić information content (AvgIpc) is 2.02. The molecule has 1 rings (SSSR count). The van der Waals surface area contributed by atoms with E-state index in [9.17, 15) is 0 Å². The maximum absolute atomic E-state index is 4.40. The molecule has 1 heterocycles. The smallest absolute Gasteiger partial charge is 0.0705 e. The van der Waals surface area contributed by atoms with E-state index < -0.39 is 16.1 Å². The summed E-state index contributed by atoms with van der Waals surface area (Å²) in [5.41, 5.74) is 0. The molecule has 1 saturated heterocycles. The van der Waals surface area contributed by atoms with Crippen LogP contribution >= 0.6 is 0 Å². The molecule has 70 valence electrons. The van der Waals surface area contributed by atoms with Crippen molar-refractivity contribution in [3.8, 4) is 0 Å². The van der Waals surface area contributed by atoms with Crippen LogP contribution in [0.15, 0.2) is 11.4 Å². The van der Waals surface area contributed by atoms with E-state index in [0.29, 0.717) is 0 Å². The first-order valence-electron chi connectivity index (χ1n) is 5.06. The van der Waals surface area contributed by atoms with Crippen molar-refractivity contribution in [1.82, 2.24) is 0 Å². The molecule has 0 aliphatic carbocycles. The zero-order chi connectivity index (χ0) is 9.41. The minimum atomic E-state index is -1.01. The molecule has 1 aliphatic rings. The van der Waals surface area contributed by atoms with Crippen LogP contribution in [0.3, 0.4) is 0 Å². The SMILES string of the molecule is C=C1[Si](C)(C)CCCC[Si]1(C)C. The van der Waals surface area contributed by atoms with Gasteiger partial charge in [0.05, 0.1) is 16.1 Å². The predicted molar refractivity (Wildman–Crippen MR) is 63.0 cm³/mol. The lowest BCUT2D eigenvalue weighted by Gasteiger charge is -2.32. The van der Waals surface area contributed by atoms with Crippen LogP contribution in [0.25, 0.3) is 0 Å². The molecule has 0 bridgehead atoms. The second-order valence-corrected chi connectivity index (χ2v) is 15.7. The van der Waals surface area contributed by atoms with E-state index in [1.807, 2.05) is 0 Å². The number of hydrogen-bond donors (Lipinski definition) is 0. The Labute approximate surface area is 79.1 Å². The lowest BCUT2D eigenvalue weighted by atomic mass is 10.4. The van der Waals surface area contributed by atoms with Crippen LogP contribution in [-0.4, -0.2) is 16.1 Å². The highest BCUT2D eigenvalue weighted by Gasteiger charge is 2.37. The van der Waals surface area contributed by atoms with Crippen LogP contribution in [0.1, 0.15) is 12.8 Å². The van der Waals surface area contributed by atoms with Crippen molar-refractivity contribution in [3.63, 3.8) is 0 Å². The molecule has 0 unspecified atom stereocenters. The van der Waals surface area contributed by atoms with Crippen molar-refractivity contribution < 1.29 is 0 Å². The molecule has 1 aliphatic heterocycles. The summed E-state index contributed by atoms with van der Waals surface area (Å²) in [5, 5.41) is 0. The van der Waals surface area contributed by atoms with Gasteiger partial charge >= 0.3 is 0 Å². The summed E-state index contributed by atoms with van der Waals surface area (Å²) in [6.45, 7) is 14.4. The van der Waals surface area contributed by atoms with Crippen molar-refractivity contribution in [3.05, 3.63) is 11.4 Å². The van der Waals surface area contributed by atoms with Crippen LogP contribution < -0.4 is 0 Å². The quantitative estimate of drug-likeness (QED) is 0.519. The second-order valence-electron chi connectivity index (χ2n) is 5.45. The zero-order valence-electron chi connectivity index (χ0n) is 9.04. The van der Waals surface area contributed by atoms with Gasteiger partial charge in [-0.2, -0.15) is 0 Å². The van der Waals surface area contributed by atoms with Crippen LogP contribution in [0.4, 0.5) is 0 Å². The third-order valence-corrected chi connectivity index (χ3v) is 14.0. The first kappa shape index (κ1) is 10.3. The maximum atomic E-state index is 4.40. The topological polar surface area (TPSA) is 0 Å². The van der Waals surface area contributed by atoms with Crippen LogP contribution in [0.2, 0.25) is 38.3 Å². The Kier molecular flexibility index (Phi) is 2.69. The van der Waals surface area contributed by atoms with Crippen molar-refractivity contribution in [2.45, 2.75) is 51.1 Å². The summed E-state index contributed by atoms with van der Waals surface area (Å²) in [7, 11) is -2.02. The van der Waals surface area contributed by atoms with Gasteiger partial charge in [0.2, 0.25) is 0 Å². The van der Waals surface area contributed by atoms with E-state index in [4.69, 9.17) is 0 Å². The molecule has 0 spiro atoms. The van der Waals surface area contributed by atoms with Gasteiger partial charge in [0.1, 0.15) is 0 Å². The van der Waals surface area contributed by atoms with E-state index in [1.165, 1.54) is 24.9 Å². The Balaban J connectivity index is 2.89. The fourth-order valence-electron chi connectivity index (χ4n) is 2.35. The molecule has 0 aromatic rings. The van der Waals surface area contributed by atoms with E-state index in [1.54, 1.807) is 4.82 Å². The van der Waals surface area contributed by atoms with Gasteiger partial charge in [0, 0.05) is 0 Å². The molecule has 0 N–H and O–H groups in total. The third kappa shape index (κ3) is 1.91. The van der Waals surface area contributed by atoms with Gasteiger partial charge in [-0.3, -0.25) is 0 Å². The number of hydrogen-bond acceptors (Lipinski definition) is 0. The highest BCUT2D eigenvalue weighted by Crippen LogP contribution is 2.35. The Hall–Kier alpha value is 0.174. The van der Waals surface area contributed by atoms with Crippen molar-refractivity contribution in [1.29, 1.82) is 0 Å². The Bertz CT molecular complexity index is 172. The fraction of sp³-hybridized carbons (Fsp3) is 0.800. The molecule has 1 fully saturated rings. The first-order chi connectivity index (χ1) is 5.36. The van der Waals surface area contributed by atoms with Gasteiger partial charge < -0.3 is 0 Å². The summed E-state index contributed by atoms with van der Waals surface area (Å²) in [4.78, 5) is 1.73. The minimum absolute atomic E-state index is 1.01. The molecule has 0 saturated carbocycles. The lowest BCUT2D eigenvalue weighted by Crippen LogP contribution is -2.41. The summed E-state index contributed by atoms with van der Waals surface area (Å²) >= 11 is 0.